The highest BCUT2D eigenvalue weighted by atomic mass is 35.5. The molecule has 2 rings (SSSR count). The fourth-order valence-electron chi connectivity index (χ4n) is 1.99. The highest BCUT2D eigenvalue weighted by molar-refractivity contribution is 6.31. The number of rotatable bonds is 5. The van der Waals surface area contributed by atoms with Crippen LogP contribution < -0.4 is 10.1 Å². The summed E-state index contributed by atoms with van der Waals surface area (Å²) >= 11 is 6.33. The van der Waals surface area contributed by atoms with Crippen LogP contribution in [0.15, 0.2) is 36.4 Å². The predicted molar refractivity (Wildman–Crippen MR) is 89.4 cm³/mol. The quantitative estimate of drug-likeness (QED) is 0.815. The third kappa shape index (κ3) is 4.48. The first-order chi connectivity index (χ1) is 9.95. The normalized spacial score (nSPS) is 11.0. The number of benzene rings is 2. The molecule has 0 spiro atoms. The van der Waals surface area contributed by atoms with E-state index in [1.807, 2.05) is 31.2 Å². The number of hydrogen-bond acceptors (Lipinski definition) is 2. The predicted octanol–water partition coefficient (Wildman–Crippen LogP) is 5.25. The van der Waals surface area contributed by atoms with Gasteiger partial charge in [-0.1, -0.05) is 43.6 Å². The molecule has 0 fully saturated rings. The second-order valence-electron chi connectivity index (χ2n) is 5.66. The van der Waals surface area contributed by atoms with Crippen molar-refractivity contribution in [3.63, 3.8) is 0 Å². The number of nitrogens with one attached hydrogen (secondary N) is 1. The van der Waals surface area contributed by atoms with E-state index in [2.05, 4.69) is 38.2 Å². The molecule has 1 N–H and O–H groups in total. The van der Waals surface area contributed by atoms with Gasteiger partial charge in [-0.2, -0.15) is 0 Å². The maximum Gasteiger partial charge on any atom is 0.130 e. The molecule has 3 heteroatoms. The SMILES string of the molecule is Cc1ccc(C)c(Oc2ccc(CNC(C)C)c(Cl)c2)c1. The Balaban J connectivity index is 2.14. The fourth-order valence-corrected chi connectivity index (χ4v) is 2.23. The van der Waals surface area contributed by atoms with Crippen molar-refractivity contribution >= 4 is 11.6 Å². The minimum Gasteiger partial charge on any atom is -0.457 e. The van der Waals surface area contributed by atoms with Crippen LogP contribution in [0.4, 0.5) is 0 Å². The molecule has 0 radical (unpaired) electrons. The van der Waals surface area contributed by atoms with E-state index >= 15 is 0 Å². The van der Waals surface area contributed by atoms with Gasteiger partial charge < -0.3 is 10.1 Å². The first-order valence-corrected chi connectivity index (χ1v) is 7.60. The summed E-state index contributed by atoms with van der Waals surface area (Å²) in [5.74, 6) is 1.64. The first-order valence-electron chi connectivity index (χ1n) is 7.22. The molecule has 0 aliphatic heterocycles. The molecule has 0 aliphatic carbocycles. The third-order valence-corrected chi connectivity index (χ3v) is 3.65. The van der Waals surface area contributed by atoms with Crippen molar-refractivity contribution < 1.29 is 4.74 Å². The van der Waals surface area contributed by atoms with Crippen LogP contribution in [-0.4, -0.2) is 6.04 Å². The Bertz CT molecular complexity index is 623. The van der Waals surface area contributed by atoms with Crippen LogP contribution in [0.1, 0.15) is 30.5 Å². The van der Waals surface area contributed by atoms with Crippen molar-refractivity contribution in [1.29, 1.82) is 0 Å². The lowest BCUT2D eigenvalue weighted by Crippen LogP contribution is -2.21. The standard InChI is InChI=1S/C18H22ClNO/c1-12(2)20-11-15-7-8-16(10-17(15)19)21-18-9-13(3)5-6-14(18)4/h5-10,12,20H,11H2,1-4H3. The number of hydrogen-bond donors (Lipinski definition) is 1. The van der Waals surface area contributed by atoms with Crippen molar-refractivity contribution in [2.24, 2.45) is 0 Å². The number of ether oxygens (including phenoxy) is 1. The summed E-state index contributed by atoms with van der Waals surface area (Å²) < 4.78 is 5.95. The Hall–Kier alpha value is -1.51. The molecule has 21 heavy (non-hydrogen) atoms. The van der Waals surface area contributed by atoms with Crippen molar-refractivity contribution in [2.75, 3.05) is 0 Å². The molecule has 112 valence electrons. The van der Waals surface area contributed by atoms with Gasteiger partial charge in [0.2, 0.25) is 0 Å². The number of halogens is 1. The topological polar surface area (TPSA) is 21.3 Å². The maximum absolute atomic E-state index is 6.33. The van der Waals surface area contributed by atoms with E-state index in [0.717, 1.165) is 34.2 Å². The Morgan fingerprint density at radius 1 is 1.10 bits per heavy atom. The van der Waals surface area contributed by atoms with E-state index in [1.54, 1.807) is 0 Å². The summed E-state index contributed by atoms with van der Waals surface area (Å²) in [6, 6.07) is 12.5. The average Bonchev–Trinajstić information content (AvgIpc) is 2.42. The summed E-state index contributed by atoms with van der Waals surface area (Å²) in [7, 11) is 0. The maximum atomic E-state index is 6.33. The molecular formula is C18H22ClNO. The summed E-state index contributed by atoms with van der Waals surface area (Å²) in [5, 5.41) is 4.09. The number of aryl methyl sites for hydroxylation is 2. The molecule has 0 heterocycles. The lowest BCUT2D eigenvalue weighted by atomic mass is 10.1. The largest absolute Gasteiger partial charge is 0.457 e. The molecule has 0 saturated carbocycles. The van der Waals surface area contributed by atoms with Gasteiger partial charge in [-0.15, -0.1) is 0 Å². The van der Waals surface area contributed by atoms with Crippen molar-refractivity contribution in [1.82, 2.24) is 5.32 Å². The van der Waals surface area contributed by atoms with Gasteiger partial charge >= 0.3 is 0 Å². The van der Waals surface area contributed by atoms with Crippen molar-refractivity contribution in [3.05, 3.63) is 58.1 Å². The smallest absolute Gasteiger partial charge is 0.130 e. The third-order valence-electron chi connectivity index (χ3n) is 3.30. The zero-order valence-corrected chi connectivity index (χ0v) is 13.8. The molecule has 0 aromatic heterocycles. The van der Waals surface area contributed by atoms with Gasteiger partial charge in [0.15, 0.2) is 0 Å². The van der Waals surface area contributed by atoms with Gasteiger partial charge in [0, 0.05) is 17.6 Å². The van der Waals surface area contributed by atoms with Crippen molar-refractivity contribution in [3.8, 4) is 11.5 Å². The molecular weight excluding hydrogens is 282 g/mol. The Kier molecular flexibility index (Phi) is 5.27. The molecule has 2 aromatic carbocycles. The van der Waals surface area contributed by atoms with Crippen LogP contribution in [0.5, 0.6) is 11.5 Å². The second-order valence-corrected chi connectivity index (χ2v) is 6.07. The van der Waals surface area contributed by atoms with Crippen LogP contribution in [0.2, 0.25) is 5.02 Å². The van der Waals surface area contributed by atoms with E-state index < -0.39 is 0 Å². The molecule has 0 bridgehead atoms. The van der Waals surface area contributed by atoms with Crippen molar-refractivity contribution in [2.45, 2.75) is 40.3 Å². The summed E-state index contributed by atoms with van der Waals surface area (Å²) in [4.78, 5) is 0. The lowest BCUT2D eigenvalue weighted by molar-refractivity contribution is 0.478. The molecule has 0 aliphatic rings. The summed E-state index contributed by atoms with van der Waals surface area (Å²) in [6.07, 6.45) is 0. The molecule has 2 nitrogen and oxygen atoms in total. The Morgan fingerprint density at radius 2 is 1.86 bits per heavy atom. The Morgan fingerprint density at radius 3 is 2.52 bits per heavy atom. The van der Waals surface area contributed by atoms with Gasteiger partial charge in [0.05, 0.1) is 0 Å². The molecule has 0 amide bonds. The average molecular weight is 304 g/mol. The van der Waals surface area contributed by atoms with Gasteiger partial charge in [-0.05, 0) is 48.7 Å². The van der Waals surface area contributed by atoms with Crippen LogP contribution in [0.25, 0.3) is 0 Å². The lowest BCUT2D eigenvalue weighted by Gasteiger charge is -2.13. The fraction of sp³-hybridized carbons (Fsp3) is 0.333. The highest BCUT2D eigenvalue weighted by Gasteiger charge is 2.06. The summed E-state index contributed by atoms with van der Waals surface area (Å²) in [5.41, 5.74) is 3.38. The minimum atomic E-state index is 0.437. The monoisotopic (exact) mass is 303 g/mol. The molecule has 0 unspecified atom stereocenters. The van der Waals surface area contributed by atoms with Gasteiger partial charge in [-0.3, -0.25) is 0 Å². The van der Waals surface area contributed by atoms with E-state index in [0.29, 0.717) is 6.04 Å². The van der Waals surface area contributed by atoms with E-state index in [1.165, 1.54) is 5.56 Å². The molecule has 2 aromatic rings. The van der Waals surface area contributed by atoms with E-state index in [9.17, 15) is 0 Å². The minimum absolute atomic E-state index is 0.437. The first kappa shape index (κ1) is 15.9. The van der Waals surface area contributed by atoms with Gasteiger partial charge in [0.25, 0.3) is 0 Å². The Labute approximate surface area is 132 Å². The second kappa shape index (κ2) is 6.97. The zero-order chi connectivity index (χ0) is 15.4. The summed E-state index contributed by atoms with van der Waals surface area (Å²) in [6.45, 7) is 9.09. The van der Waals surface area contributed by atoms with E-state index in [4.69, 9.17) is 16.3 Å². The molecule has 0 atom stereocenters. The van der Waals surface area contributed by atoms with E-state index in [-0.39, 0.29) is 0 Å². The highest BCUT2D eigenvalue weighted by Crippen LogP contribution is 2.29. The molecule has 0 saturated heterocycles. The van der Waals surface area contributed by atoms with Gasteiger partial charge in [0.1, 0.15) is 11.5 Å². The van der Waals surface area contributed by atoms with Crippen LogP contribution in [-0.2, 0) is 6.54 Å². The zero-order valence-electron chi connectivity index (χ0n) is 13.0. The van der Waals surface area contributed by atoms with Crippen LogP contribution in [0.3, 0.4) is 0 Å². The van der Waals surface area contributed by atoms with Crippen LogP contribution >= 0.6 is 11.6 Å². The van der Waals surface area contributed by atoms with Gasteiger partial charge in [-0.25, -0.2) is 0 Å². The van der Waals surface area contributed by atoms with Crippen LogP contribution in [0, 0.1) is 13.8 Å².